The topological polar surface area (TPSA) is 79.1 Å². The highest BCUT2D eigenvalue weighted by Crippen LogP contribution is 2.26. The molecule has 0 atom stereocenters. The van der Waals surface area contributed by atoms with Crippen LogP contribution in [0.25, 0.3) is 0 Å². The minimum atomic E-state index is 0.441. The van der Waals surface area contributed by atoms with E-state index in [-0.39, 0.29) is 0 Å². The zero-order valence-electron chi connectivity index (χ0n) is 10.7. The van der Waals surface area contributed by atoms with Crippen LogP contribution >= 0.6 is 11.6 Å². The Balaban J connectivity index is 2.25. The predicted octanol–water partition coefficient (Wildman–Crippen LogP) is 2.34. The monoisotopic (exact) mass is 278 g/mol. The van der Waals surface area contributed by atoms with Gasteiger partial charge in [0, 0.05) is 24.8 Å². The fraction of sp³-hybridized carbons (Fsp3) is 0.167. The van der Waals surface area contributed by atoms with Crippen LogP contribution < -0.4 is 16.5 Å². The van der Waals surface area contributed by atoms with E-state index < -0.39 is 0 Å². The van der Waals surface area contributed by atoms with Crippen LogP contribution in [0.2, 0.25) is 5.02 Å². The minimum Gasteiger partial charge on any atom is -0.393 e. The molecule has 0 radical (unpaired) electrons. The lowest BCUT2D eigenvalue weighted by Gasteiger charge is -2.16. The molecule has 0 spiro atoms. The average molecular weight is 279 g/mol. The number of anilines is 4. The van der Waals surface area contributed by atoms with E-state index >= 15 is 0 Å². The van der Waals surface area contributed by atoms with Crippen molar-refractivity contribution < 1.29 is 0 Å². The zero-order valence-corrected chi connectivity index (χ0v) is 11.4. The normalized spacial score (nSPS) is 10.5. The first-order valence-electron chi connectivity index (χ1n) is 5.63. The summed E-state index contributed by atoms with van der Waals surface area (Å²) in [4.78, 5) is 8.21. The van der Waals surface area contributed by atoms with E-state index in [2.05, 4.69) is 20.7 Å². The van der Waals surface area contributed by atoms with E-state index in [9.17, 15) is 0 Å². The summed E-state index contributed by atoms with van der Waals surface area (Å²) in [5.41, 5.74) is 10.3. The van der Waals surface area contributed by atoms with Crippen LogP contribution in [0.4, 0.5) is 23.0 Å². The van der Waals surface area contributed by atoms with Gasteiger partial charge in [-0.05, 0) is 18.2 Å². The number of aromatic nitrogens is 2. The molecule has 1 heterocycles. The number of nitrogens with zero attached hydrogens (tertiary/aromatic N) is 3. The largest absolute Gasteiger partial charge is 0.393 e. The number of nitrogen functional groups attached to an aromatic ring is 1. The summed E-state index contributed by atoms with van der Waals surface area (Å²) in [5, 5.41) is 5.50. The molecule has 0 aliphatic heterocycles. The molecule has 0 bridgehead atoms. The quantitative estimate of drug-likeness (QED) is 0.745. The summed E-state index contributed by atoms with van der Waals surface area (Å²) >= 11 is 5.93. The fourth-order valence-electron chi connectivity index (χ4n) is 1.50. The lowest BCUT2D eigenvalue weighted by molar-refractivity contribution is 0.492. The van der Waals surface area contributed by atoms with Crippen LogP contribution in [0, 0.1) is 0 Å². The van der Waals surface area contributed by atoms with Crippen molar-refractivity contribution in [3.05, 3.63) is 35.6 Å². The smallest absolute Gasteiger partial charge is 0.169 e. The number of benzene rings is 1. The van der Waals surface area contributed by atoms with Gasteiger partial charge in [0.25, 0.3) is 0 Å². The van der Waals surface area contributed by atoms with Crippen molar-refractivity contribution in [2.45, 2.75) is 0 Å². The predicted molar refractivity (Wildman–Crippen MR) is 78.5 cm³/mol. The standard InChI is InChI=1S/C12H15ClN6/c1-19(2)18-12-10(14)11(15-7-16-12)17-9-5-3-4-8(13)6-9/h3-7H,14H2,1-2H3,(H2,15,16,17,18). The first-order chi connectivity index (χ1) is 9.06. The second-order valence-electron chi connectivity index (χ2n) is 4.13. The molecule has 0 fully saturated rings. The first kappa shape index (κ1) is 13.4. The summed E-state index contributed by atoms with van der Waals surface area (Å²) in [6.07, 6.45) is 1.44. The molecule has 4 N–H and O–H groups in total. The molecule has 0 saturated heterocycles. The molecular weight excluding hydrogens is 264 g/mol. The van der Waals surface area contributed by atoms with Crippen LogP contribution in [0.3, 0.4) is 0 Å². The maximum Gasteiger partial charge on any atom is 0.169 e. The third kappa shape index (κ3) is 3.46. The highest BCUT2D eigenvalue weighted by atomic mass is 35.5. The van der Waals surface area contributed by atoms with Crippen molar-refractivity contribution in [2.24, 2.45) is 0 Å². The van der Waals surface area contributed by atoms with Crippen LogP contribution in [-0.2, 0) is 0 Å². The highest BCUT2D eigenvalue weighted by Gasteiger charge is 2.08. The summed E-state index contributed by atoms with van der Waals surface area (Å²) in [6, 6.07) is 7.32. The van der Waals surface area contributed by atoms with E-state index in [1.165, 1.54) is 6.33 Å². The number of nitrogens with two attached hydrogens (primary N) is 1. The number of hydrazine groups is 1. The Bertz CT molecular complexity index is 572. The van der Waals surface area contributed by atoms with Gasteiger partial charge in [-0.3, -0.25) is 0 Å². The van der Waals surface area contributed by atoms with E-state index in [1.807, 2.05) is 26.2 Å². The van der Waals surface area contributed by atoms with Gasteiger partial charge in [-0.15, -0.1) is 0 Å². The van der Waals surface area contributed by atoms with E-state index in [0.29, 0.717) is 22.3 Å². The van der Waals surface area contributed by atoms with Crippen molar-refractivity contribution in [3.8, 4) is 0 Å². The molecule has 7 heteroatoms. The molecule has 0 aliphatic rings. The Labute approximate surface area is 116 Å². The van der Waals surface area contributed by atoms with Gasteiger partial charge < -0.3 is 16.5 Å². The van der Waals surface area contributed by atoms with Crippen molar-refractivity contribution in [1.29, 1.82) is 0 Å². The van der Waals surface area contributed by atoms with Gasteiger partial charge in [0.1, 0.15) is 12.0 Å². The molecule has 1 aromatic carbocycles. The van der Waals surface area contributed by atoms with Gasteiger partial charge in [-0.2, -0.15) is 0 Å². The van der Waals surface area contributed by atoms with Gasteiger partial charge in [-0.1, -0.05) is 17.7 Å². The Morgan fingerprint density at radius 1 is 1.21 bits per heavy atom. The summed E-state index contributed by atoms with van der Waals surface area (Å²) in [5.74, 6) is 1.08. The van der Waals surface area contributed by atoms with Gasteiger partial charge in [0.05, 0.1) is 0 Å². The highest BCUT2D eigenvalue weighted by molar-refractivity contribution is 6.30. The number of nitrogens with one attached hydrogen (secondary N) is 2. The molecular formula is C12H15ClN6. The van der Waals surface area contributed by atoms with Crippen LogP contribution in [0.5, 0.6) is 0 Å². The lowest BCUT2D eigenvalue weighted by atomic mass is 10.3. The van der Waals surface area contributed by atoms with Crippen molar-refractivity contribution in [3.63, 3.8) is 0 Å². The van der Waals surface area contributed by atoms with Crippen LogP contribution in [0.15, 0.2) is 30.6 Å². The third-order valence-corrected chi connectivity index (χ3v) is 2.54. The number of rotatable bonds is 4. The second-order valence-corrected chi connectivity index (χ2v) is 4.56. The van der Waals surface area contributed by atoms with Gasteiger partial charge in [-0.25, -0.2) is 15.0 Å². The zero-order chi connectivity index (χ0) is 13.8. The van der Waals surface area contributed by atoms with Crippen molar-refractivity contribution >= 4 is 34.6 Å². The number of halogens is 1. The third-order valence-electron chi connectivity index (χ3n) is 2.30. The van der Waals surface area contributed by atoms with E-state index in [4.69, 9.17) is 17.3 Å². The molecule has 19 heavy (non-hydrogen) atoms. The van der Waals surface area contributed by atoms with Crippen LogP contribution in [0.1, 0.15) is 0 Å². The molecule has 0 saturated carbocycles. The molecule has 100 valence electrons. The fourth-order valence-corrected chi connectivity index (χ4v) is 1.69. The number of hydrogen-bond donors (Lipinski definition) is 3. The SMILES string of the molecule is CN(C)Nc1ncnc(Nc2cccc(Cl)c2)c1N. The van der Waals surface area contributed by atoms with Crippen molar-refractivity contribution in [1.82, 2.24) is 15.0 Å². The van der Waals surface area contributed by atoms with Gasteiger partial charge in [0.15, 0.2) is 11.6 Å². The number of hydrogen-bond acceptors (Lipinski definition) is 6. The average Bonchev–Trinajstić information content (AvgIpc) is 2.34. The van der Waals surface area contributed by atoms with Gasteiger partial charge in [0.2, 0.25) is 0 Å². The van der Waals surface area contributed by atoms with Crippen molar-refractivity contribution in [2.75, 3.05) is 30.6 Å². The van der Waals surface area contributed by atoms with Crippen LogP contribution in [-0.4, -0.2) is 29.1 Å². The van der Waals surface area contributed by atoms with Gasteiger partial charge >= 0.3 is 0 Å². The summed E-state index contributed by atoms with van der Waals surface area (Å²) < 4.78 is 0. The molecule has 2 aromatic rings. The Hall–Kier alpha value is -2.05. The van der Waals surface area contributed by atoms with E-state index in [0.717, 1.165) is 5.69 Å². The molecule has 0 aliphatic carbocycles. The summed E-state index contributed by atoms with van der Waals surface area (Å²) in [6.45, 7) is 0. The van der Waals surface area contributed by atoms with E-state index in [1.54, 1.807) is 17.1 Å². The lowest BCUT2D eigenvalue weighted by Crippen LogP contribution is -2.21. The molecule has 1 aromatic heterocycles. The Kier molecular flexibility index (Phi) is 4.03. The summed E-state index contributed by atoms with van der Waals surface area (Å²) in [7, 11) is 3.71. The molecule has 2 rings (SSSR count). The maximum atomic E-state index is 6.01. The molecule has 0 amide bonds. The Morgan fingerprint density at radius 3 is 2.63 bits per heavy atom. The minimum absolute atomic E-state index is 0.441. The molecule has 6 nitrogen and oxygen atoms in total. The first-order valence-corrected chi connectivity index (χ1v) is 6.01. The molecule has 0 unspecified atom stereocenters. The maximum absolute atomic E-state index is 6.01. The second kappa shape index (κ2) is 5.73. The Morgan fingerprint density at radius 2 is 1.95 bits per heavy atom.